The molecule has 1 heterocycles. The number of esters is 1. The Labute approximate surface area is 177 Å². The molecular formula is C21H32N4O5. The number of nitrogens with zero attached hydrogens (tertiary/aromatic N) is 1. The molecule has 0 bridgehead atoms. The Bertz CT molecular complexity index is 719. The molecule has 0 aliphatic carbocycles. The van der Waals surface area contributed by atoms with Gasteiger partial charge in [0.1, 0.15) is 6.54 Å². The molecule has 1 aliphatic heterocycles. The summed E-state index contributed by atoms with van der Waals surface area (Å²) in [4.78, 5) is 38.4. The second-order valence-electron chi connectivity index (χ2n) is 6.85. The fourth-order valence-electron chi connectivity index (χ4n) is 3.18. The number of carbonyl (C=O) groups is 3. The topological polar surface area (TPSA) is 109 Å². The van der Waals surface area contributed by atoms with Crippen molar-refractivity contribution in [3.63, 3.8) is 0 Å². The molecule has 2 rings (SSSR count). The summed E-state index contributed by atoms with van der Waals surface area (Å²) in [6, 6.07) is 4.72. The lowest BCUT2D eigenvalue weighted by Gasteiger charge is -2.22. The third kappa shape index (κ3) is 7.55. The van der Waals surface area contributed by atoms with Gasteiger partial charge < -0.3 is 30.3 Å². The number of amides is 3. The zero-order valence-corrected chi connectivity index (χ0v) is 17.8. The zero-order valence-electron chi connectivity index (χ0n) is 17.8. The molecule has 3 amide bonds. The summed E-state index contributed by atoms with van der Waals surface area (Å²) in [6.07, 6.45) is 2.91. The van der Waals surface area contributed by atoms with Crippen molar-refractivity contribution in [3.05, 3.63) is 23.8 Å². The van der Waals surface area contributed by atoms with E-state index in [1.807, 2.05) is 13.0 Å². The Morgan fingerprint density at radius 3 is 2.53 bits per heavy atom. The van der Waals surface area contributed by atoms with Crippen molar-refractivity contribution in [2.24, 2.45) is 0 Å². The largest absolute Gasteiger partial charge is 0.465 e. The molecule has 0 spiro atoms. The first-order valence-corrected chi connectivity index (χ1v) is 10.5. The monoisotopic (exact) mass is 420 g/mol. The van der Waals surface area contributed by atoms with Crippen LogP contribution in [0.4, 0.5) is 16.2 Å². The summed E-state index contributed by atoms with van der Waals surface area (Å²) < 4.78 is 10.1. The van der Waals surface area contributed by atoms with Gasteiger partial charge in [0.25, 0.3) is 5.91 Å². The van der Waals surface area contributed by atoms with Crippen LogP contribution in [0.5, 0.6) is 0 Å². The molecule has 0 aromatic heterocycles. The summed E-state index contributed by atoms with van der Waals surface area (Å²) >= 11 is 0. The summed E-state index contributed by atoms with van der Waals surface area (Å²) in [5.41, 5.74) is 1.84. The molecule has 9 heteroatoms. The maximum Gasteiger partial charge on any atom is 0.325 e. The van der Waals surface area contributed by atoms with Crippen LogP contribution in [0.2, 0.25) is 0 Å². The highest BCUT2D eigenvalue weighted by molar-refractivity contribution is 6.02. The van der Waals surface area contributed by atoms with E-state index < -0.39 is 12.0 Å². The van der Waals surface area contributed by atoms with Gasteiger partial charge in [-0.25, -0.2) is 4.79 Å². The number of hydrogen-bond donors (Lipinski definition) is 3. The first kappa shape index (κ1) is 23.5. The molecule has 1 aromatic carbocycles. The van der Waals surface area contributed by atoms with Gasteiger partial charge in [0.15, 0.2) is 0 Å². The van der Waals surface area contributed by atoms with Crippen molar-refractivity contribution in [3.8, 4) is 0 Å². The second-order valence-corrected chi connectivity index (χ2v) is 6.85. The van der Waals surface area contributed by atoms with Crippen LogP contribution in [0.15, 0.2) is 18.2 Å². The van der Waals surface area contributed by atoms with E-state index >= 15 is 0 Å². The number of benzene rings is 1. The van der Waals surface area contributed by atoms with E-state index in [1.54, 1.807) is 19.1 Å². The summed E-state index contributed by atoms with van der Waals surface area (Å²) in [5, 5.41) is 8.02. The molecule has 0 radical (unpaired) electrons. The number of urea groups is 1. The number of rotatable bonds is 11. The van der Waals surface area contributed by atoms with Crippen molar-refractivity contribution in [1.29, 1.82) is 0 Å². The summed E-state index contributed by atoms with van der Waals surface area (Å²) in [5.74, 6) is -0.701. The molecule has 1 fully saturated rings. The number of nitrogens with one attached hydrogen (secondary N) is 3. The van der Waals surface area contributed by atoms with E-state index in [2.05, 4.69) is 20.9 Å². The molecule has 1 saturated heterocycles. The fourth-order valence-corrected chi connectivity index (χ4v) is 3.18. The maximum absolute atomic E-state index is 12.8. The predicted octanol–water partition coefficient (Wildman–Crippen LogP) is 2.13. The Hall–Kier alpha value is -2.81. The fraction of sp³-hybridized carbons (Fsp3) is 0.571. The SMILES string of the molecule is CCOCCCNC(=O)c1cc(NC(=O)NCC(=O)OCC)ccc1N1CCCC1. The number of carbonyl (C=O) groups excluding carboxylic acids is 3. The van der Waals surface area contributed by atoms with Gasteiger partial charge in [0.05, 0.1) is 12.2 Å². The van der Waals surface area contributed by atoms with E-state index in [9.17, 15) is 14.4 Å². The highest BCUT2D eigenvalue weighted by Gasteiger charge is 2.20. The van der Waals surface area contributed by atoms with Crippen molar-refractivity contribution in [1.82, 2.24) is 10.6 Å². The molecule has 0 saturated carbocycles. The van der Waals surface area contributed by atoms with E-state index in [4.69, 9.17) is 9.47 Å². The smallest absolute Gasteiger partial charge is 0.325 e. The van der Waals surface area contributed by atoms with Gasteiger partial charge in [0, 0.05) is 44.2 Å². The van der Waals surface area contributed by atoms with Gasteiger partial charge in [-0.1, -0.05) is 0 Å². The Kier molecular flexibility index (Phi) is 9.93. The average Bonchev–Trinajstić information content (AvgIpc) is 3.27. The predicted molar refractivity (Wildman–Crippen MR) is 115 cm³/mol. The number of anilines is 2. The zero-order chi connectivity index (χ0) is 21.8. The molecule has 0 atom stereocenters. The quantitative estimate of drug-likeness (QED) is 0.374. The average molecular weight is 421 g/mol. The van der Waals surface area contributed by atoms with E-state index in [0.717, 1.165) is 38.0 Å². The number of hydrogen-bond acceptors (Lipinski definition) is 6. The molecule has 1 aromatic rings. The van der Waals surface area contributed by atoms with Crippen LogP contribution in [-0.2, 0) is 14.3 Å². The van der Waals surface area contributed by atoms with Crippen LogP contribution in [0.25, 0.3) is 0 Å². The minimum Gasteiger partial charge on any atom is -0.465 e. The van der Waals surface area contributed by atoms with Gasteiger partial charge in [-0.2, -0.15) is 0 Å². The maximum atomic E-state index is 12.8. The molecular weight excluding hydrogens is 388 g/mol. The van der Waals surface area contributed by atoms with E-state index in [0.29, 0.717) is 31.0 Å². The molecule has 30 heavy (non-hydrogen) atoms. The van der Waals surface area contributed by atoms with Crippen molar-refractivity contribution in [2.45, 2.75) is 33.1 Å². The first-order chi connectivity index (χ1) is 14.5. The van der Waals surface area contributed by atoms with Crippen molar-refractivity contribution < 1.29 is 23.9 Å². The third-order valence-corrected chi connectivity index (χ3v) is 4.60. The minimum atomic E-state index is -0.542. The van der Waals surface area contributed by atoms with Gasteiger partial charge in [-0.15, -0.1) is 0 Å². The van der Waals surface area contributed by atoms with E-state index in [1.165, 1.54) is 0 Å². The minimum absolute atomic E-state index is 0.191. The van der Waals surface area contributed by atoms with Crippen LogP contribution < -0.4 is 20.9 Å². The Morgan fingerprint density at radius 1 is 1.07 bits per heavy atom. The highest BCUT2D eigenvalue weighted by atomic mass is 16.5. The standard InChI is InChI=1S/C21H32N4O5/c1-3-29-13-7-10-22-20(27)17-14-16(8-9-18(17)25-11-5-6-12-25)24-21(28)23-15-19(26)30-4-2/h8-9,14H,3-7,10-13,15H2,1-2H3,(H,22,27)(H2,23,24,28). The number of ether oxygens (including phenoxy) is 2. The molecule has 9 nitrogen and oxygen atoms in total. The molecule has 166 valence electrons. The van der Waals surface area contributed by atoms with Gasteiger partial charge in [0.2, 0.25) is 0 Å². The molecule has 0 unspecified atom stereocenters. The first-order valence-electron chi connectivity index (χ1n) is 10.5. The lowest BCUT2D eigenvalue weighted by atomic mass is 10.1. The Balaban J connectivity index is 2.03. The van der Waals surface area contributed by atoms with Crippen LogP contribution in [0, 0.1) is 0 Å². The third-order valence-electron chi connectivity index (χ3n) is 4.60. The van der Waals surface area contributed by atoms with Gasteiger partial charge in [-0.3, -0.25) is 9.59 Å². The highest BCUT2D eigenvalue weighted by Crippen LogP contribution is 2.27. The van der Waals surface area contributed by atoms with Crippen LogP contribution in [0.1, 0.15) is 43.5 Å². The second kappa shape index (κ2) is 12.7. The van der Waals surface area contributed by atoms with Crippen molar-refractivity contribution in [2.75, 3.05) is 56.2 Å². The van der Waals surface area contributed by atoms with Gasteiger partial charge in [-0.05, 0) is 51.3 Å². The van der Waals surface area contributed by atoms with Crippen LogP contribution in [0.3, 0.4) is 0 Å². The Morgan fingerprint density at radius 2 is 1.83 bits per heavy atom. The van der Waals surface area contributed by atoms with Crippen LogP contribution >= 0.6 is 0 Å². The lowest BCUT2D eigenvalue weighted by molar-refractivity contribution is -0.141. The summed E-state index contributed by atoms with van der Waals surface area (Å²) in [7, 11) is 0. The lowest BCUT2D eigenvalue weighted by Crippen LogP contribution is -2.34. The van der Waals surface area contributed by atoms with Crippen molar-refractivity contribution >= 4 is 29.3 Å². The van der Waals surface area contributed by atoms with Crippen LogP contribution in [-0.4, -0.2) is 63.9 Å². The summed E-state index contributed by atoms with van der Waals surface area (Å²) in [6.45, 7) is 7.22. The molecule has 1 aliphatic rings. The van der Waals surface area contributed by atoms with E-state index in [-0.39, 0.29) is 19.1 Å². The van der Waals surface area contributed by atoms with Gasteiger partial charge >= 0.3 is 12.0 Å². The normalized spacial score (nSPS) is 13.1. The molecule has 3 N–H and O–H groups in total.